The zero-order valence-electron chi connectivity index (χ0n) is 12.5. The van der Waals surface area contributed by atoms with Crippen LogP contribution in [0.3, 0.4) is 0 Å². The summed E-state index contributed by atoms with van der Waals surface area (Å²) in [6, 6.07) is 5.71. The zero-order valence-corrected chi connectivity index (χ0v) is 12.5. The summed E-state index contributed by atoms with van der Waals surface area (Å²) >= 11 is 0. The van der Waals surface area contributed by atoms with Crippen LogP contribution in [0.25, 0.3) is 0 Å². The Labute approximate surface area is 132 Å². The SMILES string of the molecule is O=C(NCc1ccccc1OCC(F)(F)F)N1CCC[C@H]1CO. The fourth-order valence-electron chi connectivity index (χ4n) is 2.52. The quantitative estimate of drug-likeness (QED) is 0.870. The number of halogens is 3. The highest BCUT2D eigenvalue weighted by atomic mass is 19.4. The van der Waals surface area contributed by atoms with E-state index < -0.39 is 12.8 Å². The van der Waals surface area contributed by atoms with E-state index in [0.717, 1.165) is 12.8 Å². The molecule has 0 saturated carbocycles. The first-order valence-electron chi connectivity index (χ1n) is 7.33. The molecule has 5 nitrogen and oxygen atoms in total. The lowest BCUT2D eigenvalue weighted by Crippen LogP contribution is -2.43. The van der Waals surface area contributed by atoms with Gasteiger partial charge in [-0.25, -0.2) is 4.79 Å². The highest BCUT2D eigenvalue weighted by molar-refractivity contribution is 5.75. The third kappa shape index (κ3) is 5.02. The van der Waals surface area contributed by atoms with Gasteiger partial charge in [0.15, 0.2) is 6.61 Å². The van der Waals surface area contributed by atoms with Crippen LogP contribution in [0.4, 0.5) is 18.0 Å². The smallest absolute Gasteiger partial charge is 0.422 e. The van der Waals surface area contributed by atoms with E-state index in [1.807, 2.05) is 0 Å². The lowest BCUT2D eigenvalue weighted by Gasteiger charge is -2.23. The Morgan fingerprint density at radius 2 is 2.13 bits per heavy atom. The minimum absolute atomic E-state index is 0.0571. The van der Waals surface area contributed by atoms with Crippen LogP contribution in [-0.2, 0) is 6.54 Å². The molecule has 8 heteroatoms. The molecule has 2 N–H and O–H groups in total. The number of urea groups is 1. The summed E-state index contributed by atoms with van der Waals surface area (Å²) < 4.78 is 41.5. The number of aliphatic hydroxyl groups is 1. The summed E-state index contributed by atoms with van der Waals surface area (Å²) in [6.07, 6.45) is -2.85. The lowest BCUT2D eigenvalue weighted by atomic mass is 10.2. The largest absolute Gasteiger partial charge is 0.484 e. The summed E-state index contributed by atoms with van der Waals surface area (Å²) in [5.41, 5.74) is 0.463. The second-order valence-electron chi connectivity index (χ2n) is 5.34. The Hall–Kier alpha value is -1.96. The first kappa shape index (κ1) is 17.4. The van der Waals surface area contributed by atoms with Crippen molar-refractivity contribution in [1.82, 2.24) is 10.2 Å². The molecule has 0 spiro atoms. The maximum Gasteiger partial charge on any atom is 0.422 e. The molecule has 0 unspecified atom stereocenters. The Morgan fingerprint density at radius 1 is 1.39 bits per heavy atom. The number of hydrogen-bond donors (Lipinski definition) is 2. The average Bonchev–Trinajstić information content (AvgIpc) is 2.99. The summed E-state index contributed by atoms with van der Waals surface area (Å²) in [7, 11) is 0. The minimum atomic E-state index is -4.42. The number of carbonyl (C=O) groups is 1. The number of alkyl halides is 3. The fourth-order valence-corrected chi connectivity index (χ4v) is 2.52. The molecule has 2 amide bonds. The Balaban J connectivity index is 1.94. The number of nitrogens with one attached hydrogen (secondary N) is 1. The molecular formula is C15H19F3N2O3. The normalized spacial score (nSPS) is 18.1. The van der Waals surface area contributed by atoms with E-state index in [9.17, 15) is 23.1 Å². The lowest BCUT2D eigenvalue weighted by molar-refractivity contribution is -0.153. The van der Waals surface area contributed by atoms with Gasteiger partial charge in [0.2, 0.25) is 0 Å². The molecule has 1 fully saturated rings. The highest BCUT2D eigenvalue weighted by Gasteiger charge is 2.29. The van der Waals surface area contributed by atoms with E-state index in [1.54, 1.807) is 23.1 Å². The number of likely N-dealkylation sites (tertiary alicyclic amines) is 1. The van der Waals surface area contributed by atoms with Crippen LogP contribution in [0.2, 0.25) is 0 Å². The van der Waals surface area contributed by atoms with Crippen LogP contribution in [-0.4, -0.2) is 48.0 Å². The fraction of sp³-hybridized carbons (Fsp3) is 0.533. The monoisotopic (exact) mass is 332 g/mol. The summed E-state index contributed by atoms with van der Waals surface area (Å²) in [5.74, 6) is 0.0882. The standard InChI is InChI=1S/C15H19F3N2O3/c16-15(17,18)10-23-13-6-2-1-4-11(13)8-19-14(22)20-7-3-5-12(20)9-21/h1-2,4,6,12,21H,3,5,7-10H2,(H,19,22)/t12-/m0/s1. The highest BCUT2D eigenvalue weighted by Crippen LogP contribution is 2.22. The van der Waals surface area contributed by atoms with Crippen molar-refractivity contribution in [2.45, 2.75) is 31.6 Å². The van der Waals surface area contributed by atoms with Gasteiger partial charge in [-0.2, -0.15) is 13.2 Å². The predicted octanol–water partition coefficient (Wildman–Crippen LogP) is 2.29. The zero-order chi connectivity index (χ0) is 16.9. The van der Waals surface area contributed by atoms with Crippen LogP contribution in [0, 0.1) is 0 Å². The first-order chi connectivity index (χ1) is 10.9. The van der Waals surface area contributed by atoms with E-state index in [0.29, 0.717) is 12.1 Å². The number of benzene rings is 1. The minimum Gasteiger partial charge on any atom is -0.484 e. The Morgan fingerprint density at radius 3 is 2.83 bits per heavy atom. The van der Waals surface area contributed by atoms with Crippen molar-refractivity contribution in [3.63, 3.8) is 0 Å². The number of amides is 2. The van der Waals surface area contributed by atoms with E-state index in [1.165, 1.54) is 6.07 Å². The summed E-state index contributed by atoms with van der Waals surface area (Å²) in [5, 5.41) is 11.9. The second-order valence-corrected chi connectivity index (χ2v) is 5.34. The third-order valence-electron chi connectivity index (χ3n) is 3.64. The molecule has 1 aliphatic heterocycles. The summed E-state index contributed by atoms with van der Waals surface area (Å²) in [4.78, 5) is 13.6. The number of ether oxygens (including phenoxy) is 1. The maximum atomic E-state index is 12.2. The number of aliphatic hydroxyl groups excluding tert-OH is 1. The van der Waals surface area contributed by atoms with Crippen LogP contribution in [0.5, 0.6) is 5.75 Å². The van der Waals surface area contributed by atoms with Crippen molar-refractivity contribution in [2.24, 2.45) is 0 Å². The molecule has 0 radical (unpaired) electrons. The van der Waals surface area contributed by atoms with Crippen molar-refractivity contribution in [3.8, 4) is 5.75 Å². The number of carbonyl (C=O) groups excluding carboxylic acids is 1. The van der Waals surface area contributed by atoms with Crippen molar-refractivity contribution in [2.75, 3.05) is 19.8 Å². The Bertz CT molecular complexity index is 537. The van der Waals surface area contributed by atoms with Crippen LogP contribution in [0.15, 0.2) is 24.3 Å². The molecule has 1 atom stereocenters. The average molecular weight is 332 g/mol. The van der Waals surface area contributed by atoms with Gasteiger partial charge >= 0.3 is 12.2 Å². The van der Waals surface area contributed by atoms with Gasteiger partial charge in [0, 0.05) is 18.7 Å². The molecule has 1 heterocycles. The molecule has 1 aromatic carbocycles. The third-order valence-corrected chi connectivity index (χ3v) is 3.64. The molecule has 0 bridgehead atoms. The molecule has 1 saturated heterocycles. The van der Waals surface area contributed by atoms with Crippen molar-refractivity contribution < 1.29 is 27.8 Å². The van der Waals surface area contributed by atoms with Gasteiger partial charge in [-0.1, -0.05) is 18.2 Å². The van der Waals surface area contributed by atoms with Crippen molar-refractivity contribution in [3.05, 3.63) is 29.8 Å². The van der Waals surface area contributed by atoms with Gasteiger partial charge in [-0.3, -0.25) is 0 Å². The number of para-hydroxylation sites is 1. The van der Waals surface area contributed by atoms with E-state index >= 15 is 0 Å². The molecular weight excluding hydrogens is 313 g/mol. The van der Waals surface area contributed by atoms with Crippen LogP contribution >= 0.6 is 0 Å². The van der Waals surface area contributed by atoms with Gasteiger partial charge in [-0.05, 0) is 18.9 Å². The molecule has 128 valence electrons. The maximum absolute atomic E-state index is 12.2. The molecule has 1 aliphatic rings. The van der Waals surface area contributed by atoms with Crippen molar-refractivity contribution >= 4 is 6.03 Å². The van der Waals surface area contributed by atoms with Gasteiger partial charge in [0.25, 0.3) is 0 Å². The van der Waals surface area contributed by atoms with Crippen LogP contribution in [0.1, 0.15) is 18.4 Å². The predicted molar refractivity (Wildman–Crippen MR) is 77.0 cm³/mol. The number of nitrogens with zero attached hydrogens (tertiary/aromatic N) is 1. The van der Waals surface area contributed by atoms with Gasteiger partial charge in [-0.15, -0.1) is 0 Å². The molecule has 23 heavy (non-hydrogen) atoms. The molecule has 0 aromatic heterocycles. The van der Waals surface area contributed by atoms with Gasteiger partial charge in [0.1, 0.15) is 5.75 Å². The van der Waals surface area contributed by atoms with Gasteiger partial charge in [0.05, 0.1) is 12.6 Å². The topological polar surface area (TPSA) is 61.8 Å². The van der Waals surface area contributed by atoms with Gasteiger partial charge < -0.3 is 20.1 Å². The summed E-state index contributed by atoms with van der Waals surface area (Å²) in [6.45, 7) is -0.861. The van der Waals surface area contributed by atoms with E-state index in [4.69, 9.17) is 4.74 Å². The second kappa shape index (κ2) is 7.54. The number of rotatable bonds is 5. The molecule has 0 aliphatic carbocycles. The first-order valence-corrected chi connectivity index (χ1v) is 7.33. The molecule has 2 rings (SSSR count). The number of hydrogen-bond acceptors (Lipinski definition) is 3. The van der Waals surface area contributed by atoms with E-state index in [-0.39, 0.29) is 31.0 Å². The molecule has 1 aromatic rings. The Kier molecular flexibility index (Phi) is 5.70. The van der Waals surface area contributed by atoms with E-state index in [2.05, 4.69) is 5.32 Å². The van der Waals surface area contributed by atoms with Crippen molar-refractivity contribution in [1.29, 1.82) is 0 Å². The van der Waals surface area contributed by atoms with Crippen LogP contribution < -0.4 is 10.1 Å².